The van der Waals surface area contributed by atoms with Crippen LogP contribution in [0.2, 0.25) is 5.02 Å². The number of urea groups is 1. The van der Waals surface area contributed by atoms with Gasteiger partial charge in [0.1, 0.15) is 0 Å². The number of hydrogen-bond acceptors (Lipinski definition) is 2. The van der Waals surface area contributed by atoms with E-state index in [0.717, 1.165) is 26.1 Å². The second kappa shape index (κ2) is 7.58. The summed E-state index contributed by atoms with van der Waals surface area (Å²) in [5, 5.41) is 3.44. The lowest BCUT2D eigenvalue weighted by molar-refractivity contribution is 0.161. The molecule has 2 amide bonds. The van der Waals surface area contributed by atoms with Crippen LogP contribution in [0.5, 0.6) is 0 Å². The summed E-state index contributed by atoms with van der Waals surface area (Å²) < 4.78 is 0. The van der Waals surface area contributed by atoms with Crippen molar-refractivity contribution in [1.29, 1.82) is 0 Å². The summed E-state index contributed by atoms with van der Waals surface area (Å²) in [6, 6.07) is 17.9. The summed E-state index contributed by atoms with van der Waals surface area (Å²) >= 11 is 6.09. The lowest BCUT2D eigenvalue weighted by Gasteiger charge is -2.46. The maximum absolute atomic E-state index is 12.3. The minimum absolute atomic E-state index is 0.0936. The van der Waals surface area contributed by atoms with Gasteiger partial charge in [-0.05, 0) is 30.7 Å². The SMILES string of the molecule is CCCN(c1ccccc1)C1CN(C(=O)Nc2ccccc2Cl)C1. The van der Waals surface area contributed by atoms with E-state index in [2.05, 4.69) is 41.4 Å². The highest BCUT2D eigenvalue weighted by atomic mass is 35.5. The summed E-state index contributed by atoms with van der Waals surface area (Å²) in [5.74, 6) is 0. The highest BCUT2D eigenvalue weighted by molar-refractivity contribution is 6.33. The number of amides is 2. The average molecular weight is 344 g/mol. The molecule has 0 radical (unpaired) electrons. The van der Waals surface area contributed by atoms with E-state index >= 15 is 0 Å². The van der Waals surface area contributed by atoms with Crippen LogP contribution in [0.3, 0.4) is 0 Å². The molecule has 1 aliphatic rings. The number of carbonyl (C=O) groups is 1. The first-order valence-electron chi connectivity index (χ1n) is 8.31. The third-order valence-corrected chi connectivity index (χ3v) is 4.59. The molecule has 4 nitrogen and oxygen atoms in total. The Morgan fingerprint density at radius 3 is 2.50 bits per heavy atom. The maximum atomic E-state index is 12.3. The molecule has 0 unspecified atom stereocenters. The normalized spacial score (nSPS) is 14.2. The van der Waals surface area contributed by atoms with Crippen LogP contribution >= 0.6 is 11.6 Å². The summed E-state index contributed by atoms with van der Waals surface area (Å²) in [7, 11) is 0. The first-order valence-corrected chi connectivity index (χ1v) is 8.69. The van der Waals surface area contributed by atoms with Crippen LogP contribution in [0.25, 0.3) is 0 Å². The summed E-state index contributed by atoms with van der Waals surface area (Å²) in [4.78, 5) is 16.6. The molecule has 2 aromatic rings. The minimum Gasteiger partial charge on any atom is -0.365 e. The first kappa shape index (κ1) is 16.7. The van der Waals surface area contributed by atoms with E-state index in [1.807, 2.05) is 29.2 Å². The topological polar surface area (TPSA) is 35.6 Å². The van der Waals surface area contributed by atoms with Gasteiger partial charge in [0.25, 0.3) is 0 Å². The van der Waals surface area contributed by atoms with Gasteiger partial charge in [-0.1, -0.05) is 48.9 Å². The van der Waals surface area contributed by atoms with Crippen LogP contribution in [0.4, 0.5) is 16.2 Å². The van der Waals surface area contributed by atoms with Gasteiger partial charge in [0.2, 0.25) is 0 Å². The Morgan fingerprint density at radius 1 is 1.17 bits per heavy atom. The zero-order valence-corrected chi connectivity index (χ0v) is 14.5. The van der Waals surface area contributed by atoms with Crippen molar-refractivity contribution in [3.63, 3.8) is 0 Å². The molecule has 1 heterocycles. The van der Waals surface area contributed by atoms with Crippen LogP contribution in [-0.4, -0.2) is 36.6 Å². The zero-order valence-electron chi connectivity index (χ0n) is 13.8. The van der Waals surface area contributed by atoms with Gasteiger partial charge in [-0.3, -0.25) is 0 Å². The van der Waals surface area contributed by atoms with E-state index in [9.17, 15) is 4.79 Å². The Morgan fingerprint density at radius 2 is 1.83 bits per heavy atom. The van der Waals surface area contributed by atoms with Gasteiger partial charge in [-0.2, -0.15) is 0 Å². The number of likely N-dealkylation sites (tertiary alicyclic amines) is 1. The molecule has 24 heavy (non-hydrogen) atoms. The lowest BCUT2D eigenvalue weighted by atomic mass is 10.1. The molecule has 1 saturated heterocycles. The van der Waals surface area contributed by atoms with Crippen molar-refractivity contribution < 1.29 is 4.79 Å². The smallest absolute Gasteiger partial charge is 0.322 e. The van der Waals surface area contributed by atoms with Crippen molar-refractivity contribution in [3.05, 3.63) is 59.6 Å². The predicted octanol–water partition coefficient (Wildman–Crippen LogP) is 4.47. The van der Waals surface area contributed by atoms with E-state index in [1.54, 1.807) is 6.07 Å². The van der Waals surface area contributed by atoms with Crippen molar-refractivity contribution >= 4 is 29.0 Å². The number of halogens is 1. The zero-order chi connectivity index (χ0) is 16.9. The fourth-order valence-corrected chi connectivity index (χ4v) is 3.14. The Hall–Kier alpha value is -2.20. The molecule has 1 aliphatic heterocycles. The predicted molar refractivity (Wildman–Crippen MR) is 99.9 cm³/mol. The van der Waals surface area contributed by atoms with Crippen molar-refractivity contribution in [2.24, 2.45) is 0 Å². The van der Waals surface area contributed by atoms with E-state index in [-0.39, 0.29) is 6.03 Å². The summed E-state index contributed by atoms with van der Waals surface area (Å²) in [6.45, 7) is 4.63. The van der Waals surface area contributed by atoms with Crippen LogP contribution in [0.15, 0.2) is 54.6 Å². The second-order valence-corrected chi connectivity index (χ2v) is 6.40. The van der Waals surface area contributed by atoms with E-state index in [1.165, 1.54) is 5.69 Å². The molecule has 0 saturated carbocycles. The molecule has 1 N–H and O–H groups in total. The molecule has 1 fully saturated rings. The molecule has 0 aliphatic carbocycles. The number of para-hydroxylation sites is 2. The van der Waals surface area contributed by atoms with E-state index in [0.29, 0.717) is 16.8 Å². The standard InChI is InChI=1S/C19H22ClN3O/c1-2-12-23(15-8-4-3-5-9-15)16-13-22(14-16)19(24)21-18-11-7-6-10-17(18)20/h3-11,16H,2,12-14H2,1H3,(H,21,24). The average Bonchev–Trinajstić information content (AvgIpc) is 2.56. The number of rotatable bonds is 5. The molecular formula is C19H22ClN3O. The van der Waals surface area contributed by atoms with Crippen LogP contribution in [0, 0.1) is 0 Å². The highest BCUT2D eigenvalue weighted by Gasteiger charge is 2.34. The summed E-state index contributed by atoms with van der Waals surface area (Å²) in [5.41, 5.74) is 1.87. The number of benzene rings is 2. The number of anilines is 2. The molecule has 0 aromatic heterocycles. The maximum Gasteiger partial charge on any atom is 0.322 e. The monoisotopic (exact) mass is 343 g/mol. The van der Waals surface area contributed by atoms with Crippen LogP contribution < -0.4 is 10.2 Å². The third-order valence-electron chi connectivity index (χ3n) is 4.26. The molecule has 0 atom stereocenters. The molecule has 2 aromatic carbocycles. The van der Waals surface area contributed by atoms with Crippen molar-refractivity contribution in [3.8, 4) is 0 Å². The molecule has 5 heteroatoms. The summed E-state index contributed by atoms with van der Waals surface area (Å²) in [6.07, 6.45) is 1.08. The van der Waals surface area contributed by atoms with Gasteiger partial charge in [0.05, 0.1) is 16.8 Å². The van der Waals surface area contributed by atoms with Crippen molar-refractivity contribution in [1.82, 2.24) is 4.90 Å². The first-order chi connectivity index (χ1) is 11.7. The van der Waals surface area contributed by atoms with Gasteiger partial charge in [0.15, 0.2) is 0 Å². The number of nitrogens with zero attached hydrogens (tertiary/aromatic N) is 2. The van der Waals surface area contributed by atoms with Crippen molar-refractivity contribution in [2.45, 2.75) is 19.4 Å². The molecular weight excluding hydrogens is 322 g/mol. The fourth-order valence-electron chi connectivity index (χ4n) is 2.96. The second-order valence-electron chi connectivity index (χ2n) is 6.00. The van der Waals surface area contributed by atoms with E-state index < -0.39 is 0 Å². The van der Waals surface area contributed by atoms with Gasteiger partial charge in [-0.25, -0.2) is 4.79 Å². The molecule has 0 bridgehead atoms. The molecule has 126 valence electrons. The Bertz CT molecular complexity index is 686. The molecule has 3 rings (SSSR count). The fraction of sp³-hybridized carbons (Fsp3) is 0.316. The van der Waals surface area contributed by atoms with Crippen molar-refractivity contribution in [2.75, 3.05) is 29.9 Å². The van der Waals surface area contributed by atoms with Gasteiger partial charge in [0, 0.05) is 25.3 Å². The quantitative estimate of drug-likeness (QED) is 0.869. The number of hydrogen-bond donors (Lipinski definition) is 1. The number of carbonyl (C=O) groups excluding carboxylic acids is 1. The van der Waals surface area contributed by atoms with Gasteiger partial charge >= 0.3 is 6.03 Å². The third kappa shape index (κ3) is 3.65. The molecule has 0 spiro atoms. The largest absolute Gasteiger partial charge is 0.365 e. The van der Waals surface area contributed by atoms with E-state index in [4.69, 9.17) is 11.6 Å². The Balaban J connectivity index is 1.59. The van der Waals surface area contributed by atoms with Gasteiger partial charge in [-0.15, -0.1) is 0 Å². The highest BCUT2D eigenvalue weighted by Crippen LogP contribution is 2.25. The minimum atomic E-state index is -0.0936. The Kier molecular flexibility index (Phi) is 5.26. The van der Waals surface area contributed by atoms with Gasteiger partial charge < -0.3 is 15.1 Å². The lowest BCUT2D eigenvalue weighted by Crippen LogP contribution is -2.62. The number of nitrogens with one attached hydrogen (secondary N) is 1. The Labute approximate surface area is 148 Å². The van der Waals surface area contributed by atoms with Crippen LogP contribution in [0.1, 0.15) is 13.3 Å². The van der Waals surface area contributed by atoms with Crippen LogP contribution in [-0.2, 0) is 0 Å².